The first-order valence-corrected chi connectivity index (χ1v) is 12.0. The van der Waals surface area contributed by atoms with E-state index < -0.39 is 11.9 Å². The number of hydrogen-bond acceptors (Lipinski definition) is 6. The molecule has 2 unspecified atom stereocenters. The molecule has 7 heteroatoms. The van der Waals surface area contributed by atoms with Crippen LogP contribution in [0, 0.1) is 0 Å². The lowest BCUT2D eigenvalue weighted by atomic mass is 9.77. The number of nitrogens with zero attached hydrogens (tertiary/aromatic N) is 1. The molecule has 0 spiro atoms. The molecule has 1 heterocycles. The fraction of sp³-hybridized carbons (Fsp3) is 0.444. The van der Waals surface area contributed by atoms with Gasteiger partial charge in [0.1, 0.15) is 13.2 Å². The van der Waals surface area contributed by atoms with Crippen LogP contribution in [0.5, 0.6) is 0 Å². The summed E-state index contributed by atoms with van der Waals surface area (Å²) in [6, 6.07) is 15.2. The van der Waals surface area contributed by atoms with Gasteiger partial charge in [0.25, 0.3) is 6.47 Å². The van der Waals surface area contributed by atoms with Crippen molar-refractivity contribution in [3.05, 3.63) is 65.2 Å². The van der Waals surface area contributed by atoms with Crippen LogP contribution < -0.4 is 10.6 Å². The number of primary amides is 1. The Bertz CT molecular complexity index is 954. The van der Waals surface area contributed by atoms with E-state index in [2.05, 4.69) is 34.8 Å². The van der Waals surface area contributed by atoms with Crippen LogP contribution in [0.3, 0.4) is 0 Å². The molecule has 0 bridgehead atoms. The summed E-state index contributed by atoms with van der Waals surface area (Å²) in [7, 11) is 0. The number of rotatable bonds is 12. The topological polar surface area (TPSA) is 98.9 Å². The molecule has 2 atom stereocenters. The summed E-state index contributed by atoms with van der Waals surface area (Å²) in [4.78, 5) is 37.6. The van der Waals surface area contributed by atoms with Crippen molar-refractivity contribution in [3.63, 3.8) is 0 Å². The number of ether oxygens (including phenoxy) is 2. The van der Waals surface area contributed by atoms with Gasteiger partial charge in [-0.25, -0.2) is 4.79 Å². The van der Waals surface area contributed by atoms with E-state index in [1.807, 2.05) is 6.07 Å². The summed E-state index contributed by atoms with van der Waals surface area (Å²) in [5.41, 5.74) is 9.44. The highest BCUT2D eigenvalue weighted by molar-refractivity contribution is 5.90. The van der Waals surface area contributed by atoms with Gasteiger partial charge in [-0.05, 0) is 55.0 Å². The lowest BCUT2D eigenvalue weighted by molar-refractivity contribution is -0.129. The lowest BCUT2D eigenvalue weighted by Gasteiger charge is -2.34. The van der Waals surface area contributed by atoms with Crippen LogP contribution in [0.25, 0.3) is 0 Å². The maximum Gasteiger partial charge on any atom is 0.338 e. The van der Waals surface area contributed by atoms with Gasteiger partial charge in [0.2, 0.25) is 5.91 Å². The summed E-state index contributed by atoms with van der Waals surface area (Å²) >= 11 is 0. The first kappa shape index (κ1) is 25.3. The van der Waals surface area contributed by atoms with Crippen molar-refractivity contribution >= 4 is 24.0 Å². The number of piperidine rings is 1. The predicted octanol–water partition coefficient (Wildman–Crippen LogP) is 4.16. The van der Waals surface area contributed by atoms with Crippen molar-refractivity contribution in [2.24, 2.45) is 5.73 Å². The SMILES string of the molecule is CCCC(c1ccccc1N1CCCCC1)C(C(N)=O)c1ccc(C(=O)OCCOC=O)cc1. The maximum absolute atomic E-state index is 12.8. The van der Waals surface area contributed by atoms with E-state index in [1.54, 1.807) is 24.3 Å². The standard InChI is InChI=1S/C27H34N2O5/c1-2-8-23(22-9-4-5-10-24(22)29-15-6-3-7-16-29)25(26(28)31)20-11-13-21(14-12-20)27(32)34-18-17-33-19-30/h4-5,9-14,19,23,25H,2-3,6-8,15-18H2,1H3,(H2,28,31). The summed E-state index contributed by atoms with van der Waals surface area (Å²) in [5.74, 6) is -1.48. The second-order valence-electron chi connectivity index (χ2n) is 8.61. The van der Waals surface area contributed by atoms with E-state index in [1.165, 1.54) is 24.9 Å². The summed E-state index contributed by atoms with van der Waals surface area (Å²) in [6.07, 6.45) is 5.32. The van der Waals surface area contributed by atoms with Gasteiger partial charge < -0.3 is 20.1 Å². The molecule has 1 amide bonds. The van der Waals surface area contributed by atoms with Gasteiger partial charge in [-0.3, -0.25) is 9.59 Å². The molecule has 2 N–H and O–H groups in total. The van der Waals surface area contributed by atoms with E-state index >= 15 is 0 Å². The van der Waals surface area contributed by atoms with Crippen LogP contribution in [0.2, 0.25) is 0 Å². The van der Waals surface area contributed by atoms with Crippen molar-refractivity contribution < 1.29 is 23.9 Å². The number of hydrogen-bond donors (Lipinski definition) is 1. The van der Waals surface area contributed by atoms with Crippen LogP contribution in [-0.2, 0) is 19.1 Å². The Morgan fingerprint density at radius 1 is 1.03 bits per heavy atom. The minimum atomic E-state index is -0.517. The molecule has 0 radical (unpaired) electrons. The molecule has 0 aromatic heterocycles. The van der Waals surface area contributed by atoms with Crippen LogP contribution in [0.15, 0.2) is 48.5 Å². The van der Waals surface area contributed by atoms with Gasteiger partial charge >= 0.3 is 5.97 Å². The molecule has 0 saturated carbocycles. The van der Waals surface area contributed by atoms with Gasteiger partial charge in [-0.1, -0.05) is 43.7 Å². The zero-order valence-corrected chi connectivity index (χ0v) is 19.8. The number of benzene rings is 2. The highest BCUT2D eigenvalue weighted by atomic mass is 16.6. The molecule has 1 saturated heterocycles. The average Bonchev–Trinajstić information content (AvgIpc) is 2.87. The molecule has 34 heavy (non-hydrogen) atoms. The van der Waals surface area contributed by atoms with Crippen LogP contribution in [-0.4, -0.2) is 44.7 Å². The Balaban J connectivity index is 1.87. The molecule has 1 aliphatic rings. The molecule has 2 aromatic rings. The normalized spacial score (nSPS) is 15.3. The summed E-state index contributed by atoms with van der Waals surface area (Å²) in [6.45, 7) is 4.45. The highest BCUT2D eigenvalue weighted by Crippen LogP contribution is 2.41. The molecular formula is C27H34N2O5. The van der Waals surface area contributed by atoms with Crippen molar-refractivity contribution in [1.29, 1.82) is 0 Å². The molecule has 1 fully saturated rings. The zero-order chi connectivity index (χ0) is 24.3. The number of carbonyl (C=O) groups excluding carboxylic acids is 3. The van der Waals surface area contributed by atoms with Gasteiger partial charge in [0, 0.05) is 24.7 Å². The monoisotopic (exact) mass is 466 g/mol. The second-order valence-corrected chi connectivity index (χ2v) is 8.61. The fourth-order valence-electron chi connectivity index (χ4n) is 4.77. The average molecular weight is 467 g/mol. The van der Waals surface area contributed by atoms with Crippen LogP contribution >= 0.6 is 0 Å². The summed E-state index contributed by atoms with van der Waals surface area (Å²) in [5, 5.41) is 0. The fourth-order valence-corrected chi connectivity index (χ4v) is 4.77. The number of carbonyl (C=O) groups is 3. The van der Waals surface area contributed by atoms with Crippen LogP contribution in [0.4, 0.5) is 5.69 Å². The quantitative estimate of drug-likeness (QED) is 0.286. The first-order chi connectivity index (χ1) is 16.6. The van der Waals surface area contributed by atoms with Gasteiger partial charge in [-0.2, -0.15) is 0 Å². The van der Waals surface area contributed by atoms with E-state index in [9.17, 15) is 14.4 Å². The van der Waals surface area contributed by atoms with E-state index in [4.69, 9.17) is 10.5 Å². The Labute approximate surface area is 201 Å². The molecule has 2 aromatic carbocycles. The molecule has 1 aliphatic heterocycles. The highest BCUT2D eigenvalue weighted by Gasteiger charge is 2.31. The van der Waals surface area contributed by atoms with E-state index in [0.717, 1.165) is 37.1 Å². The van der Waals surface area contributed by atoms with E-state index in [-0.39, 0.29) is 25.0 Å². The second kappa shape index (κ2) is 12.8. The number of para-hydroxylation sites is 1. The minimum absolute atomic E-state index is 0.00615. The summed E-state index contributed by atoms with van der Waals surface area (Å²) < 4.78 is 9.63. The first-order valence-electron chi connectivity index (χ1n) is 12.0. The van der Waals surface area contributed by atoms with E-state index in [0.29, 0.717) is 12.0 Å². The molecular weight excluding hydrogens is 432 g/mol. The van der Waals surface area contributed by atoms with Crippen molar-refractivity contribution in [1.82, 2.24) is 0 Å². The van der Waals surface area contributed by atoms with Gasteiger partial charge in [0.15, 0.2) is 0 Å². The third-order valence-corrected chi connectivity index (χ3v) is 6.35. The Kier molecular flexibility index (Phi) is 9.50. The van der Waals surface area contributed by atoms with Gasteiger partial charge in [0.05, 0.1) is 11.5 Å². The molecule has 182 valence electrons. The maximum atomic E-state index is 12.8. The third kappa shape index (κ3) is 6.37. The smallest absolute Gasteiger partial charge is 0.338 e. The van der Waals surface area contributed by atoms with Crippen molar-refractivity contribution in [3.8, 4) is 0 Å². The minimum Gasteiger partial charge on any atom is -0.464 e. The lowest BCUT2D eigenvalue weighted by Crippen LogP contribution is -2.32. The third-order valence-electron chi connectivity index (χ3n) is 6.35. The Hall–Kier alpha value is -3.35. The van der Waals surface area contributed by atoms with Gasteiger partial charge in [-0.15, -0.1) is 0 Å². The zero-order valence-electron chi connectivity index (χ0n) is 19.8. The van der Waals surface area contributed by atoms with Crippen molar-refractivity contribution in [2.75, 3.05) is 31.2 Å². The predicted molar refractivity (Wildman–Crippen MR) is 131 cm³/mol. The number of esters is 1. The Morgan fingerprint density at radius 3 is 2.38 bits per heavy atom. The molecule has 0 aliphatic carbocycles. The number of amides is 1. The largest absolute Gasteiger partial charge is 0.464 e. The molecule has 7 nitrogen and oxygen atoms in total. The Morgan fingerprint density at radius 2 is 1.74 bits per heavy atom. The number of anilines is 1. The van der Waals surface area contributed by atoms with Crippen molar-refractivity contribution in [2.45, 2.75) is 50.9 Å². The van der Waals surface area contributed by atoms with Crippen LogP contribution in [0.1, 0.15) is 72.3 Å². The number of nitrogens with two attached hydrogens (primary N) is 1. The molecule has 3 rings (SSSR count).